The molecule has 0 aromatic carbocycles. The monoisotopic (exact) mass is 298 g/mol. The lowest BCUT2D eigenvalue weighted by Gasteiger charge is -2.04. The molecule has 0 fully saturated rings. The Bertz CT molecular complexity index is 646. The molecule has 2 rings (SSSR count). The van der Waals surface area contributed by atoms with Crippen molar-refractivity contribution in [3.8, 4) is 0 Å². The van der Waals surface area contributed by atoms with Gasteiger partial charge >= 0.3 is 0 Å². The van der Waals surface area contributed by atoms with Crippen LogP contribution in [-0.4, -0.2) is 28.3 Å². The van der Waals surface area contributed by atoms with Crippen LogP contribution < -0.4 is 4.72 Å². The molecule has 8 heteroatoms. The second-order valence-corrected chi connectivity index (χ2v) is 6.22. The van der Waals surface area contributed by atoms with Crippen molar-refractivity contribution in [2.75, 3.05) is 0 Å². The standard InChI is InChI=1S/C12H18N4O3S/c1-2-3-16-8-12(4-11(16)9-17)20(18,19)15-7-10-5-13-14-6-10/h4-6,8,15,17H,2-3,7,9H2,1H3,(H,13,14). The second-order valence-electron chi connectivity index (χ2n) is 4.45. The zero-order valence-electron chi connectivity index (χ0n) is 11.2. The van der Waals surface area contributed by atoms with E-state index in [4.69, 9.17) is 0 Å². The first-order valence-electron chi connectivity index (χ1n) is 6.34. The Balaban J connectivity index is 2.16. The highest BCUT2D eigenvalue weighted by Gasteiger charge is 2.18. The van der Waals surface area contributed by atoms with Gasteiger partial charge in [0.2, 0.25) is 10.0 Å². The Morgan fingerprint density at radius 1 is 1.50 bits per heavy atom. The molecule has 0 bridgehead atoms. The van der Waals surface area contributed by atoms with E-state index in [1.807, 2.05) is 6.92 Å². The molecule has 2 aromatic rings. The van der Waals surface area contributed by atoms with Crippen LogP contribution in [0.25, 0.3) is 0 Å². The maximum Gasteiger partial charge on any atom is 0.242 e. The number of hydrogen-bond donors (Lipinski definition) is 3. The van der Waals surface area contributed by atoms with E-state index < -0.39 is 10.0 Å². The van der Waals surface area contributed by atoms with Crippen LogP contribution >= 0.6 is 0 Å². The summed E-state index contributed by atoms with van der Waals surface area (Å²) in [5.41, 5.74) is 1.35. The number of nitrogens with one attached hydrogen (secondary N) is 2. The zero-order chi connectivity index (χ0) is 14.6. The molecule has 2 aromatic heterocycles. The summed E-state index contributed by atoms with van der Waals surface area (Å²) in [5, 5.41) is 15.6. The lowest BCUT2D eigenvalue weighted by molar-refractivity contribution is 0.270. The summed E-state index contributed by atoms with van der Waals surface area (Å²) in [5.74, 6) is 0. The molecular formula is C12H18N4O3S. The Morgan fingerprint density at radius 2 is 2.30 bits per heavy atom. The highest BCUT2D eigenvalue weighted by Crippen LogP contribution is 2.15. The van der Waals surface area contributed by atoms with Crippen LogP contribution in [0.4, 0.5) is 0 Å². The van der Waals surface area contributed by atoms with Gasteiger partial charge in [-0.2, -0.15) is 5.10 Å². The van der Waals surface area contributed by atoms with Crippen LogP contribution in [0.15, 0.2) is 29.6 Å². The topological polar surface area (TPSA) is 100 Å². The maximum atomic E-state index is 12.2. The van der Waals surface area contributed by atoms with Crippen molar-refractivity contribution in [2.45, 2.75) is 37.9 Å². The molecule has 0 saturated heterocycles. The summed E-state index contributed by atoms with van der Waals surface area (Å²) >= 11 is 0. The van der Waals surface area contributed by atoms with Crippen molar-refractivity contribution < 1.29 is 13.5 Å². The van der Waals surface area contributed by atoms with E-state index in [0.29, 0.717) is 12.2 Å². The van der Waals surface area contributed by atoms with E-state index >= 15 is 0 Å². The number of H-pyrrole nitrogens is 1. The van der Waals surface area contributed by atoms with E-state index in [2.05, 4.69) is 14.9 Å². The van der Waals surface area contributed by atoms with E-state index in [0.717, 1.165) is 12.0 Å². The predicted molar refractivity (Wildman–Crippen MR) is 73.3 cm³/mol. The number of aliphatic hydroxyl groups excluding tert-OH is 1. The fraction of sp³-hybridized carbons (Fsp3) is 0.417. The molecule has 0 saturated carbocycles. The van der Waals surface area contributed by atoms with E-state index in [1.54, 1.807) is 23.2 Å². The van der Waals surface area contributed by atoms with Gasteiger partial charge in [0.05, 0.1) is 17.7 Å². The van der Waals surface area contributed by atoms with Gasteiger partial charge in [0, 0.05) is 36.7 Å². The van der Waals surface area contributed by atoms with Crippen LogP contribution in [0.3, 0.4) is 0 Å². The molecule has 2 heterocycles. The van der Waals surface area contributed by atoms with Crippen molar-refractivity contribution in [3.63, 3.8) is 0 Å². The van der Waals surface area contributed by atoms with Crippen molar-refractivity contribution in [2.24, 2.45) is 0 Å². The minimum absolute atomic E-state index is 0.165. The van der Waals surface area contributed by atoms with Crippen molar-refractivity contribution >= 4 is 10.0 Å². The van der Waals surface area contributed by atoms with Crippen LogP contribution in [0.2, 0.25) is 0 Å². The Hall–Kier alpha value is -1.64. The minimum Gasteiger partial charge on any atom is -0.390 e. The summed E-state index contributed by atoms with van der Waals surface area (Å²) < 4.78 is 28.6. The fourth-order valence-electron chi connectivity index (χ4n) is 1.89. The van der Waals surface area contributed by atoms with Crippen LogP contribution in [0, 0.1) is 0 Å². The molecule has 7 nitrogen and oxygen atoms in total. The van der Waals surface area contributed by atoms with Gasteiger partial charge in [0.25, 0.3) is 0 Å². The van der Waals surface area contributed by atoms with Crippen LogP contribution in [0.1, 0.15) is 24.6 Å². The van der Waals surface area contributed by atoms with Gasteiger partial charge in [-0.25, -0.2) is 13.1 Å². The van der Waals surface area contributed by atoms with Crippen molar-refractivity contribution in [1.82, 2.24) is 19.5 Å². The molecule has 0 aliphatic rings. The fourth-order valence-corrected chi connectivity index (χ4v) is 2.97. The summed E-state index contributed by atoms with van der Waals surface area (Å²) in [6.07, 6.45) is 5.60. The number of hydrogen-bond acceptors (Lipinski definition) is 4. The molecule has 0 spiro atoms. The van der Waals surface area contributed by atoms with Gasteiger partial charge in [0.15, 0.2) is 0 Å². The Kier molecular flexibility index (Phi) is 4.58. The highest BCUT2D eigenvalue weighted by atomic mass is 32.2. The Morgan fingerprint density at radius 3 is 2.90 bits per heavy atom. The van der Waals surface area contributed by atoms with Gasteiger partial charge in [-0.05, 0) is 12.5 Å². The molecule has 0 amide bonds. The number of sulfonamides is 1. The van der Waals surface area contributed by atoms with E-state index in [9.17, 15) is 13.5 Å². The number of aromatic amines is 1. The zero-order valence-corrected chi connectivity index (χ0v) is 12.0. The van der Waals surface area contributed by atoms with E-state index in [1.165, 1.54) is 6.07 Å². The first kappa shape index (κ1) is 14.8. The lowest BCUT2D eigenvalue weighted by atomic mass is 10.4. The summed E-state index contributed by atoms with van der Waals surface area (Å²) in [7, 11) is -3.59. The minimum atomic E-state index is -3.59. The lowest BCUT2D eigenvalue weighted by Crippen LogP contribution is -2.22. The molecule has 0 atom stereocenters. The quantitative estimate of drug-likeness (QED) is 0.696. The highest BCUT2D eigenvalue weighted by molar-refractivity contribution is 7.89. The largest absolute Gasteiger partial charge is 0.390 e. The van der Waals surface area contributed by atoms with Gasteiger partial charge < -0.3 is 9.67 Å². The van der Waals surface area contributed by atoms with Crippen LogP contribution in [0.5, 0.6) is 0 Å². The number of aromatic nitrogens is 3. The van der Waals surface area contributed by atoms with E-state index in [-0.39, 0.29) is 18.0 Å². The summed E-state index contributed by atoms with van der Waals surface area (Å²) in [4.78, 5) is 0.165. The first-order valence-corrected chi connectivity index (χ1v) is 7.82. The van der Waals surface area contributed by atoms with Gasteiger partial charge in [-0.15, -0.1) is 0 Å². The molecule has 0 radical (unpaired) electrons. The molecule has 0 unspecified atom stereocenters. The predicted octanol–water partition coefficient (Wildman–Crippen LogP) is 0.592. The van der Waals surface area contributed by atoms with Gasteiger partial charge in [-0.1, -0.05) is 6.92 Å². The maximum absolute atomic E-state index is 12.2. The molecule has 0 aliphatic carbocycles. The summed E-state index contributed by atoms with van der Waals surface area (Å²) in [6, 6.07) is 1.49. The smallest absolute Gasteiger partial charge is 0.242 e. The normalized spacial score (nSPS) is 11.9. The average Bonchev–Trinajstić information content (AvgIpc) is 3.06. The number of aliphatic hydroxyl groups is 1. The van der Waals surface area contributed by atoms with Crippen molar-refractivity contribution in [3.05, 3.63) is 35.9 Å². The third-order valence-electron chi connectivity index (χ3n) is 2.92. The van der Waals surface area contributed by atoms with Crippen molar-refractivity contribution in [1.29, 1.82) is 0 Å². The summed E-state index contributed by atoms with van der Waals surface area (Å²) in [6.45, 7) is 2.66. The third-order valence-corrected chi connectivity index (χ3v) is 4.29. The van der Waals surface area contributed by atoms with Gasteiger partial charge in [0.1, 0.15) is 0 Å². The van der Waals surface area contributed by atoms with Crippen LogP contribution in [-0.2, 0) is 29.7 Å². The van der Waals surface area contributed by atoms with Gasteiger partial charge in [-0.3, -0.25) is 5.10 Å². The molecular weight excluding hydrogens is 280 g/mol. The number of rotatable bonds is 7. The first-order chi connectivity index (χ1) is 9.56. The SMILES string of the molecule is CCCn1cc(S(=O)(=O)NCc2cn[nH]c2)cc1CO. The number of aryl methyl sites for hydroxylation is 1. The second kappa shape index (κ2) is 6.21. The number of nitrogens with zero attached hydrogens (tertiary/aromatic N) is 2. The molecule has 0 aliphatic heterocycles. The average molecular weight is 298 g/mol. The molecule has 20 heavy (non-hydrogen) atoms. The Labute approximate surface area is 117 Å². The molecule has 3 N–H and O–H groups in total. The third kappa shape index (κ3) is 3.27. The molecule has 110 valence electrons.